The predicted octanol–water partition coefficient (Wildman–Crippen LogP) is 6.34. The molecule has 0 spiro atoms. The summed E-state index contributed by atoms with van der Waals surface area (Å²) in [6, 6.07) is 26.3. The summed E-state index contributed by atoms with van der Waals surface area (Å²) in [6.07, 6.45) is 2.16. The number of aromatic nitrogens is 1. The molecule has 4 nitrogen and oxygen atoms in total. The van der Waals surface area contributed by atoms with Crippen LogP contribution in [-0.4, -0.2) is 22.6 Å². The van der Waals surface area contributed by atoms with Gasteiger partial charge in [-0.2, -0.15) is 0 Å². The number of nitrogens with zero attached hydrogens (tertiary/aromatic N) is 2. The molecule has 4 rings (SSSR count). The lowest BCUT2D eigenvalue weighted by Gasteiger charge is -2.13. The van der Waals surface area contributed by atoms with Gasteiger partial charge in [0.1, 0.15) is 11.5 Å². The van der Waals surface area contributed by atoms with Crippen molar-refractivity contribution >= 4 is 16.6 Å². The van der Waals surface area contributed by atoms with Gasteiger partial charge in [0.25, 0.3) is 0 Å². The zero-order valence-corrected chi connectivity index (χ0v) is 17.4. The largest absolute Gasteiger partial charge is 0.497 e. The molecule has 3 aromatic carbocycles. The van der Waals surface area contributed by atoms with Crippen LogP contribution < -0.4 is 4.74 Å². The molecule has 0 saturated heterocycles. The third-order valence-corrected chi connectivity index (χ3v) is 5.44. The minimum absolute atomic E-state index is 0.558. The van der Waals surface area contributed by atoms with Gasteiger partial charge in [0.15, 0.2) is 0 Å². The van der Waals surface area contributed by atoms with Gasteiger partial charge in [-0.05, 0) is 30.2 Å². The Bertz CT molecular complexity index is 1160. The maximum atomic E-state index is 10.1. The van der Waals surface area contributed by atoms with Crippen LogP contribution in [0.2, 0.25) is 0 Å². The maximum absolute atomic E-state index is 10.1. The zero-order valence-electron chi connectivity index (χ0n) is 17.4. The first kappa shape index (κ1) is 19.8. The zero-order chi connectivity index (χ0) is 20.9. The van der Waals surface area contributed by atoms with Crippen LogP contribution in [0.5, 0.6) is 5.75 Å². The lowest BCUT2D eigenvalue weighted by molar-refractivity contribution is 0.319. The smallest absolute Gasteiger partial charge is 0.119 e. The molecule has 0 fully saturated rings. The molecule has 4 aromatic rings. The highest BCUT2D eigenvalue weighted by Gasteiger charge is 2.24. The molecular formula is C26H26N2O2. The molecule has 152 valence electrons. The van der Waals surface area contributed by atoms with Crippen molar-refractivity contribution in [3.05, 3.63) is 90.0 Å². The second kappa shape index (κ2) is 8.87. The highest BCUT2D eigenvalue weighted by molar-refractivity contribution is 6.23. The Morgan fingerprint density at radius 3 is 2.30 bits per heavy atom. The van der Waals surface area contributed by atoms with Crippen LogP contribution in [0.25, 0.3) is 22.2 Å². The number of unbranched alkanes of at least 4 members (excludes halogenated alkanes) is 1. The van der Waals surface area contributed by atoms with Crippen molar-refractivity contribution in [2.24, 2.45) is 5.16 Å². The van der Waals surface area contributed by atoms with Crippen LogP contribution in [-0.2, 0) is 6.54 Å². The van der Waals surface area contributed by atoms with E-state index in [1.807, 2.05) is 60.7 Å². The first-order valence-corrected chi connectivity index (χ1v) is 10.3. The van der Waals surface area contributed by atoms with Gasteiger partial charge < -0.3 is 14.5 Å². The van der Waals surface area contributed by atoms with Crippen molar-refractivity contribution in [2.75, 3.05) is 7.11 Å². The molecule has 1 aromatic heterocycles. The number of rotatable bonds is 7. The SMILES string of the molecule is CCCCn1c(-c2ccccc2)c(/C(=N\O)c2ccccc2)c2cc(OC)ccc21. The van der Waals surface area contributed by atoms with Crippen molar-refractivity contribution < 1.29 is 9.94 Å². The molecule has 0 bridgehead atoms. The Balaban J connectivity index is 2.10. The minimum Gasteiger partial charge on any atom is -0.497 e. The van der Waals surface area contributed by atoms with Crippen LogP contribution in [0.15, 0.2) is 84.0 Å². The summed E-state index contributed by atoms with van der Waals surface area (Å²) in [7, 11) is 1.67. The molecule has 0 aliphatic carbocycles. The van der Waals surface area contributed by atoms with Gasteiger partial charge in [0, 0.05) is 28.6 Å². The van der Waals surface area contributed by atoms with Crippen LogP contribution >= 0.6 is 0 Å². The number of hydrogen-bond donors (Lipinski definition) is 1. The number of fused-ring (bicyclic) bond motifs is 1. The second-order valence-corrected chi connectivity index (χ2v) is 7.29. The van der Waals surface area contributed by atoms with E-state index in [0.29, 0.717) is 5.71 Å². The third-order valence-electron chi connectivity index (χ3n) is 5.44. The van der Waals surface area contributed by atoms with E-state index in [4.69, 9.17) is 4.74 Å². The molecule has 1 heterocycles. The lowest BCUT2D eigenvalue weighted by atomic mass is 9.96. The standard InChI is InChI=1S/C26H26N2O2/c1-3-4-17-28-23-16-15-21(30-2)18-22(23)24(26(28)20-13-9-6-10-14-20)25(27-29)19-11-7-5-8-12-19/h5-16,18,29H,3-4,17H2,1-2H3/b27-25-. The fraction of sp³-hybridized carbons (Fsp3) is 0.192. The molecular weight excluding hydrogens is 372 g/mol. The van der Waals surface area contributed by atoms with Crippen LogP contribution in [0, 0.1) is 0 Å². The molecule has 0 aliphatic rings. The van der Waals surface area contributed by atoms with Gasteiger partial charge in [-0.15, -0.1) is 0 Å². The van der Waals surface area contributed by atoms with Gasteiger partial charge in [-0.25, -0.2) is 0 Å². The Morgan fingerprint density at radius 1 is 0.967 bits per heavy atom. The van der Waals surface area contributed by atoms with Crippen molar-refractivity contribution in [1.82, 2.24) is 4.57 Å². The monoisotopic (exact) mass is 398 g/mol. The van der Waals surface area contributed by atoms with Gasteiger partial charge in [-0.1, -0.05) is 79.2 Å². The number of hydrogen-bond acceptors (Lipinski definition) is 3. The minimum atomic E-state index is 0.558. The maximum Gasteiger partial charge on any atom is 0.119 e. The fourth-order valence-electron chi connectivity index (χ4n) is 3.99. The van der Waals surface area contributed by atoms with E-state index in [-0.39, 0.29) is 0 Å². The highest BCUT2D eigenvalue weighted by Crippen LogP contribution is 2.37. The van der Waals surface area contributed by atoms with Gasteiger partial charge in [0.05, 0.1) is 12.8 Å². The first-order valence-electron chi connectivity index (χ1n) is 10.3. The third kappa shape index (κ3) is 3.57. The molecule has 30 heavy (non-hydrogen) atoms. The summed E-state index contributed by atoms with van der Waals surface area (Å²) in [5.74, 6) is 0.779. The Labute approximate surface area is 177 Å². The van der Waals surface area contributed by atoms with E-state index in [9.17, 15) is 5.21 Å². The topological polar surface area (TPSA) is 46.8 Å². The predicted molar refractivity (Wildman–Crippen MR) is 123 cm³/mol. The van der Waals surface area contributed by atoms with Gasteiger partial charge >= 0.3 is 0 Å². The number of oxime groups is 1. The van der Waals surface area contributed by atoms with Crippen molar-refractivity contribution in [3.63, 3.8) is 0 Å². The van der Waals surface area contributed by atoms with E-state index in [2.05, 4.69) is 34.8 Å². The average molecular weight is 399 g/mol. The quantitative estimate of drug-likeness (QED) is 0.224. The number of ether oxygens (including phenoxy) is 1. The number of aryl methyl sites for hydroxylation is 1. The average Bonchev–Trinajstić information content (AvgIpc) is 3.12. The molecule has 1 N–H and O–H groups in total. The van der Waals surface area contributed by atoms with Gasteiger partial charge in [-0.3, -0.25) is 0 Å². The second-order valence-electron chi connectivity index (χ2n) is 7.29. The van der Waals surface area contributed by atoms with E-state index in [0.717, 1.165) is 58.4 Å². The van der Waals surface area contributed by atoms with Crippen molar-refractivity contribution in [2.45, 2.75) is 26.3 Å². The summed E-state index contributed by atoms with van der Waals surface area (Å²) in [4.78, 5) is 0. The van der Waals surface area contributed by atoms with E-state index in [1.165, 1.54) is 0 Å². The fourth-order valence-corrected chi connectivity index (χ4v) is 3.99. The molecule has 0 amide bonds. The van der Waals surface area contributed by atoms with Crippen molar-refractivity contribution in [1.29, 1.82) is 0 Å². The number of benzene rings is 3. The summed E-state index contributed by atoms with van der Waals surface area (Å²) in [5, 5.41) is 14.9. The lowest BCUT2D eigenvalue weighted by Crippen LogP contribution is -2.07. The van der Waals surface area contributed by atoms with Crippen LogP contribution in [0.3, 0.4) is 0 Å². The summed E-state index contributed by atoms with van der Waals surface area (Å²) in [6.45, 7) is 3.08. The van der Waals surface area contributed by atoms with E-state index < -0.39 is 0 Å². The van der Waals surface area contributed by atoms with E-state index in [1.54, 1.807) is 7.11 Å². The van der Waals surface area contributed by atoms with Crippen molar-refractivity contribution in [3.8, 4) is 17.0 Å². The Morgan fingerprint density at radius 2 is 1.67 bits per heavy atom. The first-order chi connectivity index (χ1) is 14.8. The highest BCUT2D eigenvalue weighted by atomic mass is 16.5. The molecule has 0 atom stereocenters. The molecule has 0 saturated carbocycles. The normalized spacial score (nSPS) is 11.7. The summed E-state index contributed by atoms with van der Waals surface area (Å²) >= 11 is 0. The molecule has 0 aliphatic heterocycles. The van der Waals surface area contributed by atoms with E-state index >= 15 is 0 Å². The Hall–Kier alpha value is -3.53. The Kier molecular flexibility index (Phi) is 5.84. The van der Waals surface area contributed by atoms with Crippen LogP contribution in [0.1, 0.15) is 30.9 Å². The molecule has 0 radical (unpaired) electrons. The van der Waals surface area contributed by atoms with Gasteiger partial charge in [0.2, 0.25) is 0 Å². The summed E-state index contributed by atoms with van der Waals surface area (Å²) < 4.78 is 7.87. The summed E-state index contributed by atoms with van der Waals surface area (Å²) in [5.41, 5.74) is 5.60. The molecule has 4 heteroatoms. The number of methoxy groups -OCH3 is 1. The molecule has 0 unspecified atom stereocenters. The van der Waals surface area contributed by atoms with Crippen LogP contribution in [0.4, 0.5) is 0 Å².